The van der Waals surface area contributed by atoms with Crippen LogP contribution in [0.5, 0.6) is 23.0 Å². The average Bonchev–Trinajstić information content (AvgIpc) is 2.94. The highest BCUT2D eigenvalue weighted by molar-refractivity contribution is 5.74. The molecule has 0 aliphatic carbocycles. The van der Waals surface area contributed by atoms with Crippen molar-refractivity contribution in [2.45, 2.75) is 6.92 Å². The van der Waals surface area contributed by atoms with Crippen molar-refractivity contribution in [2.24, 2.45) is 0 Å². The van der Waals surface area contributed by atoms with E-state index in [1.807, 2.05) is 31.2 Å². The second-order valence-electron chi connectivity index (χ2n) is 4.59. The van der Waals surface area contributed by atoms with E-state index in [2.05, 4.69) is 0 Å². The van der Waals surface area contributed by atoms with E-state index >= 15 is 0 Å². The molecule has 0 N–H and O–H groups in total. The zero-order chi connectivity index (χ0) is 14.7. The van der Waals surface area contributed by atoms with Crippen LogP contribution in [0.15, 0.2) is 42.5 Å². The van der Waals surface area contributed by atoms with Gasteiger partial charge in [0, 0.05) is 6.07 Å². The molecule has 1 heterocycles. The zero-order valence-electron chi connectivity index (χ0n) is 11.5. The van der Waals surface area contributed by atoms with Gasteiger partial charge in [0.1, 0.15) is 11.5 Å². The molecule has 1 aliphatic rings. The molecular formula is C16H14O5. The average molecular weight is 286 g/mol. The Kier molecular flexibility index (Phi) is 3.64. The number of benzene rings is 2. The maximum Gasteiger partial charge on any atom is 0.349 e. The first-order valence-electron chi connectivity index (χ1n) is 6.50. The molecule has 5 heteroatoms. The Bertz CT molecular complexity index is 648. The number of ether oxygens (including phenoxy) is 4. The first-order chi connectivity index (χ1) is 10.2. The van der Waals surface area contributed by atoms with Crippen LogP contribution in [0.1, 0.15) is 5.56 Å². The molecule has 0 radical (unpaired) electrons. The molecule has 0 spiro atoms. The Morgan fingerprint density at radius 1 is 1.05 bits per heavy atom. The summed E-state index contributed by atoms with van der Waals surface area (Å²) in [6.07, 6.45) is 0. The Hall–Kier alpha value is -2.69. The molecule has 2 aromatic rings. The van der Waals surface area contributed by atoms with Crippen molar-refractivity contribution in [3.05, 3.63) is 48.0 Å². The lowest BCUT2D eigenvalue weighted by Crippen LogP contribution is -2.17. The number of esters is 1. The smallest absolute Gasteiger partial charge is 0.349 e. The number of carbonyl (C=O) groups excluding carboxylic acids is 1. The quantitative estimate of drug-likeness (QED) is 0.639. The van der Waals surface area contributed by atoms with Gasteiger partial charge in [-0.2, -0.15) is 0 Å². The molecule has 0 bridgehead atoms. The van der Waals surface area contributed by atoms with Gasteiger partial charge in [0.05, 0.1) is 0 Å². The standard InChI is InChI=1S/C16H14O5/c1-11-2-4-12(5-3-11)18-9-16(17)21-13-6-7-14-15(8-13)20-10-19-14/h2-8H,9-10H2,1H3. The van der Waals surface area contributed by atoms with E-state index in [1.165, 1.54) is 0 Å². The van der Waals surface area contributed by atoms with Crippen LogP contribution in [-0.2, 0) is 4.79 Å². The molecule has 1 aliphatic heterocycles. The van der Waals surface area contributed by atoms with Crippen molar-refractivity contribution in [3.63, 3.8) is 0 Å². The van der Waals surface area contributed by atoms with Crippen LogP contribution in [0.25, 0.3) is 0 Å². The van der Waals surface area contributed by atoms with Gasteiger partial charge in [-0.05, 0) is 31.2 Å². The molecule has 0 saturated carbocycles. The summed E-state index contributed by atoms with van der Waals surface area (Å²) < 4.78 is 20.9. The lowest BCUT2D eigenvalue weighted by molar-refractivity contribution is -0.136. The van der Waals surface area contributed by atoms with Gasteiger partial charge in [-0.25, -0.2) is 4.79 Å². The number of aryl methyl sites for hydroxylation is 1. The number of rotatable bonds is 4. The lowest BCUT2D eigenvalue weighted by atomic mass is 10.2. The minimum atomic E-state index is -0.477. The summed E-state index contributed by atoms with van der Waals surface area (Å²) in [6, 6.07) is 12.4. The molecular weight excluding hydrogens is 272 g/mol. The summed E-state index contributed by atoms with van der Waals surface area (Å²) in [6.45, 7) is 2.01. The summed E-state index contributed by atoms with van der Waals surface area (Å²) in [5.74, 6) is 1.76. The van der Waals surface area contributed by atoms with E-state index in [0.29, 0.717) is 23.0 Å². The summed E-state index contributed by atoms with van der Waals surface area (Å²) in [5.41, 5.74) is 1.13. The van der Waals surface area contributed by atoms with Crippen LogP contribution in [0.3, 0.4) is 0 Å². The van der Waals surface area contributed by atoms with Gasteiger partial charge in [0.15, 0.2) is 18.1 Å². The summed E-state index contributed by atoms with van der Waals surface area (Å²) in [4.78, 5) is 11.7. The van der Waals surface area contributed by atoms with E-state index in [0.717, 1.165) is 5.56 Å². The van der Waals surface area contributed by atoms with Crippen LogP contribution in [0.4, 0.5) is 0 Å². The third-order valence-corrected chi connectivity index (χ3v) is 2.95. The van der Waals surface area contributed by atoms with Crippen molar-refractivity contribution < 1.29 is 23.7 Å². The third kappa shape index (κ3) is 3.25. The maximum absolute atomic E-state index is 11.7. The fraction of sp³-hybridized carbons (Fsp3) is 0.188. The largest absolute Gasteiger partial charge is 0.482 e. The summed E-state index contributed by atoms with van der Waals surface area (Å²) >= 11 is 0. The van der Waals surface area contributed by atoms with Gasteiger partial charge < -0.3 is 18.9 Å². The predicted octanol–water partition coefficient (Wildman–Crippen LogP) is 2.71. The topological polar surface area (TPSA) is 54.0 Å². The molecule has 2 aromatic carbocycles. The van der Waals surface area contributed by atoms with Crippen LogP contribution in [0, 0.1) is 6.92 Å². The lowest BCUT2D eigenvalue weighted by Gasteiger charge is -2.07. The monoisotopic (exact) mass is 286 g/mol. The molecule has 21 heavy (non-hydrogen) atoms. The Labute approximate surface area is 122 Å². The van der Waals surface area contributed by atoms with Crippen molar-refractivity contribution in [1.29, 1.82) is 0 Å². The van der Waals surface area contributed by atoms with Crippen molar-refractivity contribution in [2.75, 3.05) is 13.4 Å². The molecule has 0 atom stereocenters. The van der Waals surface area contributed by atoms with Gasteiger partial charge in [-0.3, -0.25) is 0 Å². The SMILES string of the molecule is Cc1ccc(OCC(=O)Oc2ccc3c(c2)OCO3)cc1. The fourth-order valence-electron chi connectivity index (χ4n) is 1.88. The highest BCUT2D eigenvalue weighted by atomic mass is 16.7. The third-order valence-electron chi connectivity index (χ3n) is 2.95. The second kappa shape index (κ2) is 5.75. The minimum Gasteiger partial charge on any atom is -0.482 e. The van der Waals surface area contributed by atoms with E-state index < -0.39 is 5.97 Å². The molecule has 108 valence electrons. The fourth-order valence-corrected chi connectivity index (χ4v) is 1.88. The van der Waals surface area contributed by atoms with Crippen LogP contribution in [-0.4, -0.2) is 19.4 Å². The highest BCUT2D eigenvalue weighted by Gasteiger charge is 2.15. The second-order valence-corrected chi connectivity index (χ2v) is 4.59. The van der Waals surface area contributed by atoms with Crippen LogP contribution < -0.4 is 18.9 Å². The molecule has 3 rings (SSSR count). The Morgan fingerprint density at radius 3 is 2.57 bits per heavy atom. The maximum atomic E-state index is 11.7. The van der Waals surface area contributed by atoms with Gasteiger partial charge in [0.25, 0.3) is 0 Å². The number of fused-ring (bicyclic) bond motifs is 1. The van der Waals surface area contributed by atoms with Crippen molar-refractivity contribution in [1.82, 2.24) is 0 Å². The molecule has 0 amide bonds. The number of carbonyl (C=O) groups is 1. The highest BCUT2D eigenvalue weighted by Crippen LogP contribution is 2.35. The number of hydrogen-bond acceptors (Lipinski definition) is 5. The van der Waals surface area contributed by atoms with Gasteiger partial charge in [-0.1, -0.05) is 17.7 Å². The van der Waals surface area contributed by atoms with E-state index in [9.17, 15) is 4.79 Å². The Balaban J connectivity index is 1.55. The first kappa shape index (κ1) is 13.3. The van der Waals surface area contributed by atoms with Gasteiger partial charge in [0.2, 0.25) is 6.79 Å². The van der Waals surface area contributed by atoms with E-state index in [-0.39, 0.29) is 13.4 Å². The molecule has 0 saturated heterocycles. The minimum absolute atomic E-state index is 0.155. The van der Waals surface area contributed by atoms with E-state index in [1.54, 1.807) is 18.2 Å². The van der Waals surface area contributed by atoms with E-state index in [4.69, 9.17) is 18.9 Å². The first-order valence-corrected chi connectivity index (χ1v) is 6.50. The normalized spacial score (nSPS) is 12.0. The van der Waals surface area contributed by atoms with Crippen LogP contribution in [0.2, 0.25) is 0 Å². The zero-order valence-corrected chi connectivity index (χ0v) is 11.5. The van der Waals surface area contributed by atoms with Crippen LogP contribution >= 0.6 is 0 Å². The molecule has 0 aromatic heterocycles. The van der Waals surface area contributed by atoms with Crippen molar-refractivity contribution >= 4 is 5.97 Å². The summed E-state index contributed by atoms with van der Waals surface area (Å²) in [5, 5.41) is 0. The Morgan fingerprint density at radius 2 is 1.76 bits per heavy atom. The van der Waals surface area contributed by atoms with Crippen molar-refractivity contribution in [3.8, 4) is 23.0 Å². The molecule has 0 unspecified atom stereocenters. The van der Waals surface area contributed by atoms with Gasteiger partial charge >= 0.3 is 5.97 Å². The predicted molar refractivity (Wildman–Crippen MR) is 74.9 cm³/mol. The molecule has 5 nitrogen and oxygen atoms in total. The summed E-state index contributed by atoms with van der Waals surface area (Å²) in [7, 11) is 0. The molecule has 0 fully saturated rings. The number of hydrogen-bond donors (Lipinski definition) is 0. The van der Waals surface area contributed by atoms with Gasteiger partial charge in [-0.15, -0.1) is 0 Å².